The van der Waals surface area contributed by atoms with Crippen molar-refractivity contribution in [1.29, 1.82) is 0 Å². The van der Waals surface area contributed by atoms with Gasteiger partial charge in [-0.15, -0.1) is 11.8 Å². The van der Waals surface area contributed by atoms with Gasteiger partial charge in [0.2, 0.25) is 11.8 Å². The van der Waals surface area contributed by atoms with Crippen LogP contribution in [0.5, 0.6) is 0 Å². The topological polar surface area (TPSA) is 85.1 Å². The van der Waals surface area contributed by atoms with E-state index in [1.165, 1.54) is 22.5 Å². The molecule has 182 valence electrons. The number of nitrogens with one attached hydrogen (secondary N) is 2. The molecule has 0 aliphatic heterocycles. The van der Waals surface area contributed by atoms with Crippen LogP contribution in [0.2, 0.25) is 0 Å². The second-order valence-electron chi connectivity index (χ2n) is 8.03. The Bertz CT molecular complexity index is 1440. The van der Waals surface area contributed by atoms with E-state index in [0.717, 1.165) is 16.1 Å². The number of nitrogens with zero attached hydrogens (tertiary/aromatic N) is 2. The second-order valence-corrected chi connectivity index (χ2v) is 9.08. The van der Waals surface area contributed by atoms with E-state index >= 15 is 0 Å². The van der Waals surface area contributed by atoms with Crippen molar-refractivity contribution in [2.24, 2.45) is 7.05 Å². The molecule has 36 heavy (non-hydrogen) atoms. The standard InChI is InChI=1S/C28H26N4O3S/c1-20-27(28(35)32(31(20)2)23-11-7-4-8-12-23)30-26(34)19-36-24-16-14-22(15-17-24)29-25(33)18-13-21-9-5-3-6-10-21/h3-18H,19H2,1-2H3,(H,29,33)(H,30,34)/b18-13+. The first-order valence-corrected chi connectivity index (χ1v) is 12.3. The van der Waals surface area contributed by atoms with Gasteiger partial charge in [0.1, 0.15) is 5.69 Å². The summed E-state index contributed by atoms with van der Waals surface area (Å²) >= 11 is 1.35. The molecule has 0 aliphatic rings. The number of hydrogen-bond acceptors (Lipinski definition) is 4. The average molecular weight is 499 g/mol. The maximum absolute atomic E-state index is 13.0. The van der Waals surface area contributed by atoms with E-state index in [-0.39, 0.29) is 28.8 Å². The number of carbonyl (C=O) groups excluding carboxylic acids is 2. The molecule has 3 aromatic carbocycles. The lowest BCUT2D eigenvalue weighted by Gasteiger charge is -2.07. The van der Waals surface area contributed by atoms with Gasteiger partial charge in [-0.3, -0.25) is 19.1 Å². The molecular weight excluding hydrogens is 472 g/mol. The number of hydrogen-bond donors (Lipinski definition) is 2. The summed E-state index contributed by atoms with van der Waals surface area (Å²) in [5, 5.41) is 5.58. The minimum atomic E-state index is -0.277. The average Bonchev–Trinajstić information content (AvgIpc) is 3.11. The van der Waals surface area contributed by atoms with Crippen LogP contribution in [0.25, 0.3) is 11.8 Å². The van der Waals surface area contributed by atoms with Gasteiger partial charge >= 0.3 is 0 Å². The summed E-state index contributed by atoms with van der Waals surface area (Å²) in [6, 6.07) is 26.1. The summed E-state index contributed by atoms with van der Waals surface area (Å²) in [6.45, 7) is 1.80. The van der Waals surface area contributed by atoms with Crippen LogP contribution in [0.1, 0.15) is 11.3 Å². The number of aromatic nitrogens is 2. The minimum Gasteiger partial charge on any atom is -0.323 e. The van der Waals surface area contributed by atoms with Gasteiger partial charge in [-0.1, -0.05) is 48.5 Å². The van der Waals surface area contributed by atoms with Crippen LogP contribution < -0.4 is 16.2 Å². The Morgan fingerprint density at radius 2 is 1.53 bits per heavy atom. The minimum absolute atomic E-state index is 0.143. The van der Waals surface area contributed by atoms with Crippen molar-refractivity contribution in [3.05, 3.63) is 113 Å². The van der Waals surface area contributed by atoms with Gasteiger partial charge in [-0.25, -0.2) is 4.68 Å². The SMILES string of the molecule is Cc1c(NC(=O)CSc2ccc(NC(=O)/C=C/c3ccccc3)cc2)c(=O)n(-c2ccccc2)n1C. The predicted molar refractivity (Wildman–Crippen MR) is 146 cm³/mol. The molecule has 1 aromatic heterocycles. The van der Waals surface area contributed by atoms with Gasteiger partial charge in [0.05, 0.1) is 17.1 Å². The molecule has 0 atom stereocenters. The Balaban J connectivity index is 1.32. The zero-order valence-electron chi connectivity index (χ0n) is 20.0. The van der Waals surface area contributed by atoms with E-state index in [2.05, 4.69) is 10.6 Å². The maximum atomic E-state index is 13.0. The van der Waals surface area contributed by atoms with Gasteiger partial charge in [-0.2, -0.15) is 0 Å². The highest BCUT2D eigenvalue weighted by Gasteiger charge is 2.18. The van der Waals surface area contributed by atoms with Crippen LogP contribution in [0.3, 0.4) is 0 Å². The molecule has 0 aliphatic carbocycles. The van der Waals surface area contributed by atoms with E-state index in [1.807, 2.05) is 72.8 Å². The molecule has 0 saturated carbocycles. The second kappa shape index (κ2) is 11.4. The Morgan fingerprint density at radius 3 is 2.19 bits per heavy atom. The van der Waals surface area contributed by atoms with Crippen molar-refractivity contribution >= 4 is 41.0 Å². The van der Waals surface area contributed by atoms with Crippen molar-refractivity contribution in [3.8, 4) is 5.69 Å². The van der Waals surface area contributed by atoms with Crippen LogP contribution in [0.4, 0.5) is 11.4 Å². The van der Waals surface area contributed by atoms with Crippen LogP contribution in [-0.2, 0) is 16.6 Å². The molecule has 0 unspecified atom stereocenters. The highest BCUT2D eigenvalue weighted by atomic mass is 32.2. The number of rotatable bonds is 8. The van der Waals surface area contributed by atoms with Crippen molar-refractivity contribution in [1.82, 2.24) is 9.36 Å². The zero-order valence-corrected chi connectivity index (χ0v) is 20.8. The zero-order chi connectivity index (χ0) is 25.5. The summed E-state index contributed by atoms with van der Waals surface area (Å²) in [6.07, 6.45) is 3.24. The van der Waals surface area contributed by atoms with Crippen LogP contribution in [0, 0.1) is 6.92 Å². The molecule has 0 saturated heterocycles. The number of para-hydroxylation sites is 1. The van der Waals surface area contributed by atoms with Crippen molar-refractivity contribution in [2.45, 2.75) is 11.8 Å². The Morgan fingerprint density at radius 1 is 0.889 bits per heavy atom. The third-order valence-corrected chi connectivity index (χ3v) is 6.55. The third-order valence-electron chi connectivity index (χ3n) is 5.54. The first kappa shape index (κ1) is 24.8. The monoisotopic (exact) mass is 498 g/mol. The highest BCUT2D eigenvalue weighted by Crippen LogP contribution is 2.21. The third kappa shape index (κ3) is 6.03. The summed E-state index contributed by atoms with van der Waals surface area (Å²) in [5.74, 6) is -0.350. The van der Waals surface area contributed by atoms with E-state index in [0.29, 0.717) is 11.4 Å². The molecule has 0 fully saturated rings. The lowest BCUT2D eigenvalue weighted by Crippen LogP contribution is -2.23. The van der Waals surface area contributed by atoms with Gasteiger partial charge in [-0.05, 0) is 55.0 Å². The molecule has 4 rings (SSSR count). The Kier molecular flexibility index (Phi) is 7.87. The van der Waals surface area contributed by atoms with Gasteiger partial charge in [0, 0.05) is 23.7 Å². The fourth-order valence-electron chi connectivity index (χ4n) is 3.59. The summed E-state index contributed by atoms with van der Waals surface area (Å²) in [4.78, 5) is 38.6. The highest BCUT2D eigenvalue weighted by molar-refractivity contribution is 8.00. The smallest absolute Gasteiger partial charge is 0.295 e. The number of benzene rings is 3. The number of thioether (sulfide) groups is 1. The quantitative estimate of drug-likeness (QED) is 0.268. The lowest BCUT2D eigenvalue weighted by molar-refractivity contribution is -0.114. The van der Waals surface area contributed by atoms with Crippen molar-refractivity contribution in [2.75, 3.05) is 16.4 Å². The molecule has 4 aromatic rings. The molecule has 8 heteroatoms. The van der Waals surface area contributed by atoms with E-state index in [1.54, 1.807) is 36.9 Å². The lowest BCUT2D eigenvalue weighted by atomic mass is 10.2. The molecule has 0 bridgehead atoms. The van der Waals surface area contributed by atoms with E-state index in [9.17, 15) is 14.4 Å². The maximum Gasteiger partial charge on any atom is 0.295 e. The predicted octanol–water partition coefficient (Wildman–Crippen LogP) is 4.87. The van der Waals surface area contributed by atoms with Crippen LogP contribution in [0.15, 0.2) is 101 Å². The first-order valence-electron chi connectivity index (χ1n) is 11.3. The molecule has 0 spiro atoms. The summed E-state index contributed by atoms with van der Waals surface area (Å²) in [5.41, 5.74) is 3.00. The first-order chi connectivity index (χ1) is 17.4. The van der Waals surface area contributed by atoms with Crippen LogP contribution >= 0.6 is 11.8 Å². The fourth-order valence-corrected chi connectivity index (χ4v) is 4.29. The van der Waals surface area contributed by atoms with Gasteiger partial charge < -0.3 is 10.6 Å². The molecule has 7 nitrogen and oxygen atoms in total. The molecule has 0 radical (unpaired) electrons. The summed E-state index contributed by atoms with van der Waals surface area (Å²) in [7, 11) is 1.78. The summed E-state index contributed by atoms with van der Waals surface area (Å²) < 4.78 is 3.25. The Labute approximate surface area is 213 Å². The Hall–Kier alpha value is -4.30. The van der Waals surface area contributed by atoms with Crippen molar-refractivity contribution < 1.29 is 9.59 Å². The molecular formula is C28H26N4O3S. The van der Waals surface area contributed by atoms with Crippen molar-refractivity contribution in [3.63, 3.8) is 0 Å². The van der Waals surface area contributed by atoms with Crippen LogP contribution in [-0.4, -0.2) is 26.9 Å². The van der Waals surface area contributed by atoms with E-state index in [4.69, 9.17) is 0 Å². The van der Waals surface area contributed by atoms with Gasteiger partial charge in [0.25, 0.3) is 5.56 Å². The largest absolute Gasteiger partial charge is 0.323 e. The number of carbonyl (C=O) groups is 2. The van der Waals surface area contributed by atoms with Gasteiger partial charge in [0.15, 0.2) is 0 Å². The van der Waals surface area contributed by atoms with E-state index < -0.39 is 0 Å². The molecule has 2 N–H and O–H groups in total. The number of anilines is 2. The molecule has 1 heterocycles. The fraction of sp³-hybridized carbons (Fsp3) is 0.107. The normalized spacial score (nSPS) is 10.9. The number of amides is 2. The molecule has 2 amide bonds.